The number of carbonyl (C=O) groups is 6. The van der Waals surface area contributed by atoms with Gasteiger partial charge in [0.25, 0.3) is 17.8 Å². The predicted octanol–water partition coefficient (Wildman–Crippen LogP) is 18.0. The summed E-state index contributed by atoms with van der Waals surface area (Å²) in [5, 5.41) is 9.93. The fraction of sp³-hybridized carbons (Fsp3) is 0.644. The van der Waals surface area contributed by atoms with Gasteiger partial charge in [-0.2, -0.15) is 0 Å². The van der Waals surface area contributed by atoms with E-state index in [9.17, 15) is 43.2 Å². The molecule has 4 aliphatic carbocycles. The molecule has 6 aliphatic heterocycles. The Morgan fingerprint density at radius 1 is 0.394 bits per heavy atom. The second-order valence-corrected chi connectivity index (χ2v) is 41.6. The third-order valence-electron chi connectivity index (χ3n) is 29.3. The zero-order valence-corrected chi connectivity index (χ0v) is 84.8. The fourth-order valence-corrected chi connectivity index (χ4v) is 21.4. The van der Waals surface area contributed by atoms with Gasteiger partial charge in [0, 0.05) is 109 Å². The van der Waals surface area contributed by atoms with Crippen LogP contribution in [0.4, 0.5) is 40.7 Å². The first-order valence-electron chi connectivity index (χ1n) is 47.6. The molecule has 745 valence electrons. The van der Waals surface area contributed by atoms with Gasteiger partial charge in [0.1, 0.15) is 72.0 Å². The van der Waals surface area contributed by atoms with E-state index < -0.39 is 162 Å². The van der Waals surface area contributed by atoms with Crippen molar-refractivity contribution in [2.45, 2.75) is 309 Å². The standard InChI is InChI=1S/C34H42F2N3O6.C34H44F2N3O6.C33H42F2N3O6.3V/c1-18-26(17-40)39-16-28(18)44-30-24(13-19-9-10-21(43-5)15-25(19)37-30)34(35,36)11-7-6-8-22-23-12-20(23)14-27(22)45-32(42)38-29(31(39)41)33(2,3)4;1-6-23-26(19-40)39-18-28(23)44-30-24(16-21-13-14-22(43-5)17-25(21)37-30)34(35,36)15-8-7-10-20-11-9-12-27(20)45-32(42)38-29(31(39)41)33(2,3)4;1-19-25(18-39)38-17-27(19)43-29-23(15-21-12-13-22(42-5)16-24(21)36-29)33(34,35)14-7-6-9-20-10-8-11-26(20)44-31(41)37-28(30(38)40)32(2,3)4;;;/h9-10,13,15,18,20,22-23,26-29H,6-8,11-12,14,16H2,1-5H3,(H,38,42);13-14,16-17,20,23,26-29H,6-12,15,18H2,1-5H3,(H,38,42);12-13,15-16,19-20,25-28H,6-11,14,17H2,1-5H3,(H,37,41);;;/q3*-1;;;/t18-,20?,22+,23?,26+,27+,28-,29+;20-,23+,26-,27-,28+,29-;19-,20+,25+,26+,27-,28+;;;/m010.../s1. The average Bonchev–Trinajstić information content (AvgIpc) is 1.78. The molecule has 137 heavy (non-hydrogen) atoms. The van der Waals surface area contributed by atoms with Gasteiger partial charge in [0.05, 0.1) is 74.2 Å². The van der Waals surface area contributed by atoms with Crippen LogP contribution in [0.2, 0.25) is 0 Å². The van der Waals surface area contributed by atoms with Gasteiger partial charge in [-0.15, -0.1) is 0 Å². The Hall–Kier alpha value is -8.75. The number of carbonyl (C=O) groups excluding carboxylic acids is 9. The van der Waals surface area contributed by atoms with Crippen LogP contribution in [-0.2, 0) is 116 Å². The van der Waals surface area contributed by atoms with Crippen LogP contribution < -0.4 is 44.4 Å². The van der Waals surface area contributed by atoms with E-state index in [2.05, 4.69) is 30.9 Å². The van der Waals surface area contributed by atoms with Gasteiger partial charge in [0.15, 0.2) is 0 Å². The molecule has 3 N–H and O–H groups in total. The molecular weight excluding hydrogens is 1890 g/mol. The number of nitrogens with one attached hydrogen (secondary N) is 3. The summed E-state index contributed by atoms with van der Waals surface area (Å²) in [6, 6.07) is 13.3. The number of halogens is 6. The van der Waals surface area contributed by atoms with Crippen LogP contribution in [0, 0.1) is 63.6 Å². The smallest absolute Gasteiger partial charge is 0.408 e. The van der Waals surface area contributed by atoms with Crippen molar-refractivity contribution in [2.75, 3.05) is 41.0 Å². The summed E-state index contributed by atoms with van der Waals surface area (Å²) in [7, 11) is 4.53. The van der Waals surface area contributed by atoms with Gasteiger partial charge in [-0.25, -0.2) is 74.5 Å². The van der Waals surface area contributed by atoms with Crippen LogP contribution in [0.15, 0.2) is 72.8 Å². The molecule has 2 unspecified atom stereocenters. The van der Waals surface area contributed by atoms with Crippen molar-refractivity contribution in [2.24, 2.45) is 63.6 Å². The van der Waals surface area contributed by atoms with Crippen LogP contribution in [0.25, 0.3) is 32.7 Å². The van der Waals surface area contributed by atoms with Crippen molar-refractivity contribution in [3.8, 4) is 34.9 Å². The van der Waals surface area contributed by atoms with Crippen molar-refractivity contribution in [1.29, 1.82) is 0 Å². The summed E-state index contributed by atoms with van der Waals surface area (Å²) in [5.74, 6) is -10.9. The molecule has 3 aromatic heterocycles. The van der Waals surface area contributed by atoms with Gasteiger partial charge in [-0.3, -0.25) is 14.4 Å². The number of alkyl carbamates (subject to hydrolysis) is 3. The van der Waals surface area contributed by atoms with Gasteiger partial charge in [-0.1, -0.05) is 127 Å². The molecule has 6 amide bonds. The Morgan fingerprint density at radius 2 is 0.715 bits per heavy atom. The number of rotatable bonds is 7. The van der Waals surface area contributed by atoms with Crippen molar-refractivity contribution in [3.63, 3.8) is 0 Å². The minimum atomic E-state index is -3.25. The van der Waals surface area contributed by atoms with E-state index >= 15 is 26.3 Å². The molecule has 4 saturated carbocycles. The van der Waals surface area contributed by atoms with E-state index in [0.29, 0.717) is 120 Å². The molecule has 3 saturated heterocycles. The molecular formula is C101H128F6N9O18V3-3. The molecule has 27 nitrogen and oxygen atoms in total. The van der Waals surface area contributed by atoms with Crippen molar-refractivity contribution < 1.29 is 168 Å². The fourth-order valence-electron chi connectivity index (χ4n) is 21.4. The zero-order valence-electron chi connectivity index (χ0n) is 80.6. The summed E-state index contributed by atoms with van der Waals surface area (Å²) >= 11 is 0. The summed E-state index contributed by atoms with van der Waals surface area (Å²) in [6.45, 7) is 21.5. The molecule has 6 aromatic rings. The number of pyridine rings is 3. The minimum absolute atomic E-state index is 0. The summed E-state index contributed by atoms with van der Waals surface area (Å²) in [5.41, 5.74) is -1.90. The number of aromatic nitrogens is 3. The van der Waals surface area contributed by atoms with E-state index in [1.165, 1.54) is 54.2 Å². The van der Waals surface area contributed by atoms with Crippen LogP contribution in [0.1, 0.15) is 235 Å². The Kier molecular flexibility index (Phi) is 35.4. The normalized spacial score (nSPS) is 30.2. The maximum absolute atomic E-state index is 16.1. The SMILES string of the molecule is CC[C@@H]1[C@@H]2CN(C(=O)[C@H](C(C)(C)C)NC(=O)O[C@@H]3CCC[C@H]3CCCCC(F)(F)c3cc4ccc(OC)cc4nc3O2)[C@@H]1[C-]=O.COc1ccc2cc3c(nc2c1)O[C@H]1CN(C(=O)[C@H](C(C)(C)C)NC(=O)O[C@@H]2CC4CC4[C@H]2CCCCC3(F)F)[C@H]([C-]=O)[C@@H]1C.COc1ccc2cc3c(nc2c1)O[C@H]1CN(C(=O)[C@H](C(C)(C)C)NC(=O)O[C@@H]2CCC[C@H]2CCCCC3(F)F)[C@H]([C-]=O)[C@@H]1C.[V].[V].[V]. The molecule has 36 heteroatoms. The van der Waals surface area contributed by atoms with Crippen molar-refractivity contribution in [3.05, 3.63) is 89.5 Å². The van der Waals surface area contributed by atoms with E-state index in [1.807, 2.05) is 88.1 Å². The molecule has 3 radical (unpaired) electrons. The Labute approximate surface area is 833 Å². The van der Waals surface area contributed by atoms with Gasteiger partial charge in [0.2, 0.25) is 35.4 Å². The average molecular weight is 2020 g/mol. The number of nitrogens with zero attached hydrogens (tertiary/aromatic N) is 6. The zero-order chi connectivity index (χ0) is 96.6. The predicted molar refractivity (Wildman–Crippen MR) is 485 cm³/mol. The van der Waals surface area contributed by atoms with Crippen LogP contribution >= 0.6 is 0 Å². The van der Waals surface area contributed by atoms with E-state index in [4.69, 9.17) is 42.6 Å². The number of fused-ring (bicyclic) bond motifs is 17. The first-order chi connectivity index (χ1) is 63.5. The first kappa shape index (κ1) is 109. The number of alkyl halides is 6. The molecule has 9 heterocycles. The topological polar surface area (TPSA) is 321 Å². The number of methoxy groups -OCH3 is 3. The molecule has 7 fully saturated rings. The largest absolute Gasteiger partial charge is 0.540 e. The molecule has 10 aliphatic rings. The Bertz CT molecular complexity index is 5320. The quantitative estimate of drug-likeness (QED) is 0.0759. The molecule has 16 rings (SSSR count). The minimum Gasteiger partial charge on any atom is -0.540 e. The third-order valence-corrected chi connectivity index (χ3v) is 29.3. The number of benzene rings is 3. The van der Waals surface area contributed by atoms with Crippen LogP contribution in [-0.4, -0.2) is 198 Å². The maximum atomic E-state index is 16.1. The van der Waals surface area contributed by atoms with Crippen molar-refractivity contribution in [1.82, 2.24) is 45.6 Å². The molecule has 6 bridgehead atoms. The monoisotopic (exact) mass is 2020 g/mol. The number of ether oxygens (including phenoxy) is 9. The van der Waals surface area contributed by atoms with E-state index in [0.717, 1.165) is 38.5 Å². The Balaban J connectivity index is 0.000000195. The molecule has 0 spiro atoms. The summed E-state index contributed by atoms with van der Waals surface area (Å²) < 4.78 is 149. The van der Waals surface area contributed by atoms with E-state index in [-0.39, 0.29) is 165 Å². The third kappa shape index (κ3) is 24.4. The molecule has 20 atom stereocenters. The number of amides is 6. The van der Waals surface area contributed by atoms with Gasteiger partial charge >= 0.3 is 18.3 Å². The second-order valence-electron chi connectivity index (χ2n) is 41.6. The van der Waals surface area contributed by atoms with E-state index in [1.54, 1.807) is 68.4 Å². The van der Waals surface area contributed by atoms with Crippen molar-refractivity contribution >= 4 is 87.6 Å². The summed E-state index contributed by atoms with van der Waals surface area (Å²) in [4.78, 5) is 136. The summed E-state index contributed by atoms with van der Waals surface area (Å²) in [6.07, 6.45) is 10.6. The van der Waals surface area contributed by atoms with Crippen LogP contribution in [0.5, 0.6) is 34.9 Å². The van der Waals surface area contributed by atoms with Gasteiger partial charge < -0.3 is 87.7 Å². The first-order valence-corrected chi connectivity index (χ1v) is 47.6. The second kappa shape index (κ2) is 44.6. The number of hydrogen-bond acceptors (Lipinski definition) is 21. The molecule has 3 aromatic carbocycles. The van der Waals surface area contributed by atoms with Gasteiger partial charge in [-0.05, 0) is 208 Å². The van der Waals surface area contributed by atoms with Crippen LogP contribution in [0.3, 0.4) is 0 Å². The Morgan fingerprint density at radius 3 is 1.05 bits per heavy atom. The number of hydrogen-bond donors (Lipinski definition) is 3. The maximum Gasteiger partial charge on any atom is 0.408 e.